The molecule has 146 valence electrons. The molecule has 0 radical (unpaired) electrons. The number of hydrogen-bond donors (Lipinski definition) is 1. The lowest BCUT2D eigenvalue weighted by atomic mass is 10.1. The molecular formula is C21H23ClN3O2S+. The first-order chi connectivity index (χ1) is 13.5. The van der Waals surface area contributed by atoms with Crippen LogP contribution in [0.2, 0.25) is 5.02 Å². The molecule has 1 heterocycles. The summed E-state index contributed by atoms with van der Waals surface area (Å²) in [6.45, 7) is 4.40. The minimum absolute atomic E-state index is 0.107. The van der Waals surface area contributed by atoms with Crippen molar-refractivity contribution in [3.63, 3.8) is 0 Å². The lowest BCUT2D eigenvalue weighted by Gasteiger charge is -2.20. The van der Waals surface area contributed by atoms with Crippen molar-refractivity contribution < 1.29 is 14.8 Å². The molecule has 28 heavy (non-hydrogen) atoms. The van der Waals surface area contributed by atoms with Gasteiger partial charge in [0.05, 0.1) is 12.8 Å². The number of methoxy groups -OCH3 is 1. The predicted octanol–water partition coefficient (Wildman–Crippen LogP) is 4.31. The van der Waals surface area contributed by atoms with Crippen molar-refractivity contribution in [1.82, 2.24) is 4.98 Å². The van der Waals surface area contributed by atoms with Crippen LogP contribution in [0.5, 0.6) is 5.75 Å². The van der Waals surface area contributed by atoms with Crippen LogP contribution < -0.4 is 15.0 Å². The summed E-state index contributed by atoms with van der Waals surface area (Å²) >= 11 is 7.41. The molecule has 0 saturated heterocycles. The average molecular weight is 417 g/mol. The largest absolute Gasteiger partial charge is 0.495 e. The van der Waals surface area contributed by atoms with Crippen molar-refractivity contribution in [3.05, 3.63) is 70.2 Å². The third-order valence-electron chi connectivity index (χ3n) is 4.45. The normalized spacial score (nSPS) is 11.9. The molecule has 0 bridgehead atoms. The molecule has 2 N–H and O–H groups in total. The van der Waals surface area contributed by atoms with Crippen LogP contribution in [0.3, 0.4) is 0 Å². The van der Waals surface area contributed by atoms with Crippen LogP contribution in [0.4, 0.5) is 10.8 Å². The smallest absolute Gasteiger partial charge is 0.230 e. The third kappa shape index (κ3) is 4.70. The monoisotopic (exact) mass is 416 g/mol. The summed E-state index contributed by atoms with van der Waals surface area (Å²) in [5, 5.41) is 5.58. The zero-order valence-electron chi connectivity index (χ0n) is 16.1. The van der Waals surface area contributed by atoms with E-state index in [1.165, 1.54) is 23.8 Å². The zero-order valence-corrected chi connectivity index (χ0v) is 17.6. The molecule has 3 aromatic rings. The Morgan fingerprint density at radius 2 is 1.96 bits per heavy atom. The number of halogens is 1. The number of aromatic nitrogens is 1. The van der Waals surface area contributed by atoms with Gasteiger partial charge in [-0.2, -0.15) is 0 Å². The molecule has 1 amide bonds. The number of rotatable bonds is 7. The molecule has 0 aliphatic heterocycles. The van der Waals surface area contributed by atoms with E-state index in [0.29, 0.717) is 16.6 Å². The summed E-state index contributed by atoms with van der Waals surface area (Å²) in [5.74, 6) is 0.529. The molecule has 0 aliphatic rings. The molecule has 3 rings (SSSR count). The molecule has 2 aromatic carbocycles. The number of ether oxygens (including phenoxy) is 1. The van der Waals surface area contributed by atoms with Crippen molar-refractivity contribution in [2.45, 2.75) is 26.4 Å². The van der Waals surface area contributed by atoms with Gasteiger partial charge in [0, 0.05) is 22.9 Å². The van der Waals surface area contributed by atoms with Crippen LogP contribution in [0.25, 0.3) is 0 Å². The molecule has 7 heteroatoms. The van der Waals surface area contributed by atoms with Crippen LogP contribution in [-0.2, 0) is 11.3 Å². The van der Waals surface area contributed by atoms with Gasteiger partial charge in [-0.25, -0.2) is 4.98 Å². The molecule has 0 fully saturated rings. The topological polar surface area (TPSA) is 59.0 Å². The van der Waals surface area contributed by atoms with Crippen molar-refractivity contribution in [1.29, 1.82) is 0 Å². The van der Waals surface area contributed by atoms with Crippen molar-refractivity contribution in [2.75, 3.05) is 12.0 Å². The number of amides is 1. The Bertz CT molecular complexity index is 943. The fraction of sp³-hybridized carbons (Fsp3) is 0.238. The average Bonchev–Trinajstić information content (AvgIpc) is 3.15. The standard InChI is InChI=1S/C21H22ClN3O2S/c1-14(16-8-10-17(22)11-9-16)23-12-18-13-28-21(24-18)25(15(2)26)19-6-4-5-7-20(19)27-3/h4-11,13-14,23H,12H2,1-3H3/p+1/t14-/m0/s1. The summed E-state index contributed by atoms with van der Waals surface area (Å²) in [6, 6.07) is 15.6. The number of hydrogen-bond acceptors (Lipinski definition) is 4. The minimum Gasteiger partial charge on any atom is -0.495 e. The van der Waals surface area contributed by atoms with Crippen LogP contribution in [0.1, 0.15) is 31.1 Å². The molecule has 1 aromatic heterocycles. The van der Waals surface area contributed by atoms with Crippen molar-refractivity contribution >= 4 is 39.7 Å². The second kappa shape index (κ2) is 9.19. The Hall–Kier alpha value is -2.41. The van der Waals surface area contributed by atoms with E-state index >= 15 is 0 Å². The van der Waals surface area contributed by atoms with Gasteiger partial charge < -0.3 is 10.1 Å². The second-order valence-corrected chi connectivity index (χ2v) is 7.70. The molecule has 0 aliphatic carbocycles. The zero-order chi connectivity index (χ0) is 20.1. The lowest BCUT2D eigenvalue weighted by molar-refractivity contribution is -0.708. The number of carbonyl (C=O) groups excluding carboxylic acids is 1. The Morgan fingerprint density at radius 1 is 1.25 bits per heavy atom. The third-order valence-corrected chi connectivity index (χ3v) is 5.57. The maximum absolute atomic E-state index is 12.3. The number of carbonyl (C=O) groups is 1. The molecule has 5 nitrogen and oxygen atoms in total. The van der Waals surface area contributed by atoms with Crippen molar-refractivity contribution in [2.24, 2.45) is 0 Å². The molecule has 0 unspecified atom stereocenters. The first-order valence-corrected chi connectivity index (χ1v) is 10.2. The van der Waals surface area contributed by atoms with Gasteiger partial charge in [-0.05, 0) is 31.2 Å². The van der Waals surface area contributed by atoms with Crippen LogP contribution in [-0.4, -0.2) is 18.0 Å². The highest BCUT2D eigenvalue weighted by Gasteiger charge is 2.21. The Labute approximate surface area is 173 Å². The SMILES string of the molecule is COc1ccccc1N(C(C)=O)c1nc(C[NH2+][C@@H](C)c2ccc(Cl)cc2)cs1. The first kappa shape index (κ1) is 20.3. The van der Waals surface area contributed by atoms with E-state index in [4.69, 9.17) is 16.3 Å². The van der Waals surface area contributed by atoms with E-state index < -0.39 is 0 Å². The lowest BCUT2D eigenvalue weighted by Crippen LogP contribution is -2.83. The number of anilines is 2. The molecular weight excluding hydrogens is 394 g/mol. The van der Waals surface area contributed by atoms with Gasteiger partial charge in [-0.3, -0.25) is 9.69 Å². The highest BCUT2D eigenvalue weighted by Crippen LogP contribution is 2.35. The Kier molecular flexibility index (Phi) is 6.67. The van der Waals surface area contributed by atoms with E-state index in [1.54, 1.807) is 12.0 Å². The minimum atomic E-state index is -0.107. The fourth-order valence-corrected chi connectivity index (χ4v) is 3.93. The van der Waals surface area contributed by atoms with Crippen LogP contribution >= 0.6 is 22.9 Å². The number of thiazole rings is 1. The van der Waals surface area contributed by atoms with Gasteiger partial charge in [0.15, 0.2) is 5.13 Å². The summed E-state index contributed by atoms with van der Waals surface area (Å²) < 4.78 is 5.41. The summed E-state index contributed by atoms with van der Waals surface area (Å²) in [7, 11) is 1.59. The van der Waals surface area contributed by atoms with Crippen molar-refractivity contribution in [3.8, 4) is 5.75 Å². The van der Waals surface area contributed by atoms with Gasteiger partial charge in [0.25, 0.3) is 0 Å². The van der Waals surface area contributed by atoms with E-state index in [-0.39, 0.29) is 11.9 Å². The molecule has 0 saturated carbocycles. The summed E-state index contributed by atoms with van der Waals surface area (Å²) in [6.07, 6.45) is 0. The first-order valence-electron chi connectivity index (χ1n) is 8.96. The summed E-state index contributed by atoms with van der Waals surface area (Å²) in [4.78, 5) is 18.6. The maximum Gasteiger partial charge on any atom is 0.230 e. The van der Waals surface area contributed by atoms with Gasteiger partial charge >= 0.3 is 0 Å². The van der Waals surface area contributed by atoms with E-state index in [1.807, 2.05) is 53.9 Å². The van der Waals surface area contributed by atoms with E-state index in [2.05, 4.69) is 17.2 Å². The van der Waals surface area contributed by atoms with Gasteiger partial charge in [-0.15, -0.1) is 11.3 Å². The molecule has 0 spiro atoms. The second-order valence-electron chi connectivity index (χ2n) is 6.43. The number of nitrogens with two attached hydrogens (primary N) is 1. The maximum atomic E-state index is 12.3. The number of quaternary nitrogens is 1. The van der Waals surface area contributed by atoms with Gasteiger partial charge in [0.2, 0.25) is 5.91 Å². The Morgan fingerprint density at radius 3 is 2.64 bits per heavy atom. The van der Waals surface area contributed by atoms with Gasteiger partial charge in [-0.1, -0.05) is 35.9 Å². The van der Waals surface area contributed by atoms with Crippen LogP contribution in [0.15, 0.2) is 53.9 Å². The molecule has 1 atom stereocenters. The Balaban J connectivity index is 1.74. The summed E-state index contributed by atoms with van der Waals surface area (Å²) in [5.41, 5.74) is 2.83. The number of nitrogens with zero attached hydrogens (tertiary/aromatic N) is 2. The van der Waals surface area contributed by atoms with Crippen LogP contribution in [0, 0.1) is 0 Å². The predicted molar refractivity (Wildman–Crippen MR) is 113 cm³/mol. The van der Waals surface area contributed by atoms with E-state index in [9.17, 15) is 4.79 Å². The van der Waals surface area contributed by atoms with E-state index in [0.717, 1.165) is 17.3 Å². The number of para-hydroxylation sites is 2. The highest BCUT2D eigenvalue weighted by atomic mass is 35.5. The fourth-order valence-electron chi connectivity index (χ4n) is 2.91. The quantitative estimate of drug-likeness (QED) is 0.624. The number of benzene rings is 2. The highest BCUT2D eigenvalue weighted by molar-refractivity contribution is 7.14. The van der Waals surface area contributed by atoms with Gasteiger partial charge in [0.1, 0.15) is 24.0 Å².